The summed E-state index contributed by atoms with van der Waals surface area (Å²) in [6.45, 7) is 7.21. The molecule has 2 aliphatic rings. The van der Waals surface area contributed by atoms with Gasteiger partial charge in [0.1, 0.15) is 0 Å². The van der Waals surface area contributed by atoms with Crippen molar-refractivity contribution in [2.75, 3.05) is 0 Å². The highest BCUT2D eigenvalue weighted by atomic mass is 15.0. The van der Waals surface area contributed by atoms with E-state index in [0.717, 1.165) is 18.0 Å². The third kappa shape index (κ3) is 3.98. The fourth-order valence-corrected chi connectivity index (χ4v) is 3.71. The first kappa shape index (κ1) is 13.4. The standard InChI is InChI=1S/C16H31N/c1-4-13-6-5-7-15(12-13)17-14-8-10-16(2,3)11-9-14/h13-15,17H,4-12H2,1-3H3. The largest absolute Gasteiger partial charge is 0.311 e. The van der Waals surface area contributed by atoms with Crippen LogP contribution >= 0.6 is 0 Å². The second kappa shape index (κ2) is 5.73. The minimum absolute atomic E-state index is 0.608. The van der Waals surface area contributed by atoms with Crippen molar-refractivity contribution in [2.45, 2.75) is 90.6 Å². The van der Waals surface area contributed by atoms with Crippen molar-refractivity contribution in [2.24, 2.45) is 11.3 Å². The Kier molecular flexibility index (Phi) is 4.52. The lowest BCUT2D eigenvalue weighted by molar-refractivity contribution is 0.179. The van der Waals surface area contributed by atoms with Gasteiger partial charge in [-0.1, -0.05) is 40.0 Å². The molecule has 0 radical (unpaired) electrons. The van der Waals surface area contributed by atoms with E-state index >= 15 is 0 Å². The fraction of sp³-hybridized carbons (Fsp3) is 1.00. The van der Waals surface area contributed by atoms with Gasteiger partial charge in [-0.25, -0.2) is 0 Å². The van der Waals surface area contributed by atoms with Gasteiger partial charge in [0.15, 0.2) is 0 Å². The lowest BCUT2D eigenvalue weighted by atomic mass is 9.75. The first-order valence-corrected chi connectivity index (χ1v) is 7.85. The molecule has 2 saturated carbocycles. The average molecular weight is 237 g/mol. The summed E-state index contributed by atoms with van der Waals surface area (Å²) < 4.78 is 0. The van der Waals surface area contributed by atoms with E-state index in [-0.39, 0.29) is 0 Å². The van der Waals surface area contributed by atoms with Crippen LogP contribution in [0.4, 0.5) is 0 Å². The van der Waals surface area contributed by atoms with Gasteiger partial charge in [0, 0.05) is 12.1 Å². The molecular formula is C16H31N. The van der Waals surface area contributed by atoms with E-state index < -0.39 is 0 Å². The lowest BCUT2D eigenvalue weighted by Crippen LogP contribution is -2.43. The summed E-state index contributed by atoms with van der Waals surface area (Å²) in [5.41, 5.74) is 0.608. The van der Waals surface area contributed by atoms with Gasteiger partial charge in [0.25, 0.3) is 0 Å². The molecule has 0 aromatic heterocycles. The van der Waals surface area contributed by atoms with E-state index in [2.05, 4.69) is 26.1 Å². The Labute approximate surface area is 108 Å². The Balaban J connectivity index is 1.74. The van der Waals surface area contributed by atoms with Gasteiger partial charge in [0.05, 0.1) is 0 Å². The molecule has 100 valence electrons. The molecular weight excluding hydrogens is 206 g/mol. The summed E-state index contributed by atoms with van der Waals surface area (Å²) in [5.74, 6) is 1.00. The van der Waals surface area contributed by atoms with Crippen molar-refractivity contribution in [3.8, 4) is 0 Å². The Hall–Kier alpha value is -0.0400. The maximum atomic E-state index is 3.96. The van der Waals surface area contributed by atoms with Crippen molar-refractivity contribution < 1.29 is 0 Å². The van der Waals surface area contributed by atoms with Crippen LogP contribution in [0.5, 0.6) is 0 Å². The SMILES string of the molecule is CCC1CCCC(NC2CCC(C)(C)CC2)C1. The number of rotatable bonds is 3. The molecule has 2 fully saturated rings. The van der Waals surface area contributed by atoms with E-state index in [9.17, 15) is 0 Å². The molecule has 2 unspecified atom stereocenters. The van der Waals surface area contributed by atoms with Crippen molar-refractivity contribution in [3.05, 3.63) is 0 Å². The molecule has 0 aromatic rings. The van der Waals surface area contributed by atoms with Crippen LogP contribution in [0.15, 0.2) is 0 Å². The summed E-state index contributed by atoms with van der Waals surface area (Å²) in [4.78, 5) is 0. The Morgan fingerprint density at radius 3 is 2.35 bits per heavy atom. The summed E-state index contributed by atoms with van der Waals surface area (Å²) >= 11 is 0. The zero-order valence-electron chi connectivity index (χ0n) is 12.1. The first-order chi connectivity index (χ1) is 8.09. The molecule has 0 saturated heterocycles. The summed E-state index contributed by atoms with van der Waals surface area (Å²) in [6, 6.07) is 1.66. The molecule has 0 bridgehead atoms. The second-order valence-corrected chi connectivity index (χ2v) is 7.24. The normalized spacial score (nSPS) is 34.8. The molecule has 2 rings (SSSR count). The van der Waals surface area contributed by atoms with Crippen LogP contribution in [0.2, 0.25) is 0 Å². The van der Waals surface area contributed by atoms with Crippen molar-refractivity contribution in [1.29, 1.82) is 0 Å². The summed E-state index contributed by atoms with van der Waals surface area (Å²) in [6.07, 6.45) is 12.8. The number of hydrogen-bond donors (Lipinski definition) is 1. The van der Waals surface area contributed by atoms with Crippen LogP contribution in [0.25, 0.3) is 0 Å². The fourth-order valence-electron chi connectivity index (χ4n) is 3.71. The molecule has 17 heavy (non-hydrogen) atoms. The maximum Gasteiger partial charge on any atom is 0.00722 e. The smallest absolute Gasteiger partial charge is 0.00722 e. The van der Waals surface area contributed by atoms with Gasteiger partial charge in [-0.2, -0.15) is 0 Å². The van der Waals surface area contributed by atoms with E-state index in [1.54, 1.807) is 0 Å². The summed E-state index contributed by atoms with van der Waals surface area (Å²) in [5, 5.41) is 3.96. The molecule has 2 aliphatic carbocycles. The summed E-state index contributed by atoms with van der Waals surface area (Å²) in [7, 11) is 0. The van der Waals surface area contributed by atoms with Gasteiger partial charge in [0.2, 0.25) is 0 Å². The van der Waals surface area contributed by atoms with Gasteiger partial charge in [-0.05, 0) is 49.9 Å². The van der Waals surface area contributed by atoms with Gasteiger partial charge in [-0.15, -0.1) is 0 Å². The molecule has 1 heteroatoms. The Bertz CT molecular complexity index is 224. The molecule has 1 nitrogen and oxygen atoms in total. The molecule has 0 aliphatic heterocycles. The topological polar surface area (TPSA) is 12.0 Å². The van der Waals surface area contributed by atoms with Crippen LogP contribution in [0.1, 0.15) is 78.6 Å². The number of hydrogen-bond acceptors (Lipinski definition) is 1. The lowest BCUT2D eigenvalue weighted by Gasteiger charge is -2.38. The third-order valence-electron chi connectivity index (χ3n) is 5.17. The van der Waals surface area contributed by atoms with E-state index in [1.807, 2.05) is 0 Å². The highest BCUT2D eigenvalue weighted by molar-refractivity contribution is 4.86. The minimum atomic E-state index is 0.608. The Morgan fingerprint density at radius 1 is 1.00 bits per heavy atom. The van der Waals surface area contributed by atoms with Gasteiger partial charge < -0.3 is 5.32 Å². The second-order valence-electron chi connectivity index (χ2n) is 7.24. The molecule has 0 aromatic carbocycles. The van der Waals surface area contributed by atoms with Crippen molar-refractivity contribution in [3.63, 3.8) is 0 Å². The molecule has 0 spiro atoms. The predicted molar refractivity (Wildman–Crippen MR) is 75.2 cm³/mol. The van der Waals surface area contributed by atoms with Crippen molar-refractivity contribution in [1.82, 2.24) is 5.32 Å². The van der Waals surface area contributed by atoms with Gasteiger partial charge in [-0.3, -0.25) is 0 Å². The highest BCUT2D eigenvalue weighted by Crippen LogP contribution is 2.36. The monoisotopic (exact) mass is 237 g/mol. The predicted octanol–water partition coefficient (Wildman–Crippen LogP) is 4.51. The quantitative estimate of drug-likeness (QED) is 0.761. The van der Waals surface area contributed by atoms with Crippen LogP contribution in [-0.4, -0.2) is 12.1 Å². The van der Waals surface area contributed by atoms with Crippen molar-refractivity contribution >= 4 is 0 Å². The van der Waals surface area contributed by atoms with Crippen LogP contribution < -0.4 is 5.32 Å². The molecule has 2 atom stereocenters. The highest BCUT2D eigenvalue weighted by Gasteiger charge is 2.29. The van der Waals surface area contributed by atoms with E-state index in [0.29, 0.717) is 5.41 Å². The van der Waals surface area contributed by atoms with Crippen LogP contribution in [0.3, 0.4) is 0 Å². The maximum absolute atomic E-state index is 3.96. The zero-order valence-corrected chi connectivity index (χ0v) is 12.1. The van der Waals surface area contributed by atoms with E-state index in [4.69, 9.17) is 0 Å². The average Bonchev–Trinajstić information content (AvgIpc) is 2.32. The Morgan fingerprint density at radius 2 is 1.71 bits per heavy atom. The first-order valence-electron chi connectivity index (χ1n) is 7.85. The van der Waals surface area contributed by atoms with Gasteiger partial charge >= 0.3 is 0 Å². The molecule has 0 amide bonds. The van der Waals surface area contributed by atoms with Crippen LogP contribution in [-0.2, 0) is 0 Å². The van der Waals surface area contributed by atoms with E-state index in [1.165, 1.54) is 57.8 Å². The molecule has 1 N–H and O–H groups in total. The zero-order chi connectivity index (χ0) is 12.3. The molecule has 0 heterocycles. The van der Waals surface area contributed by atoms with Crippen LogP contribution in [0, 0.1) is 11.3 Å². The third-order valence-corrected chi connectivity index (χ3v) is 5.17. The number of nitrogens with one attached hydrogen (secondary N) is 1. The minimum Gasteiger partial charge on any atom is -0.311 e.